The van der Waals surface area contributed by atoms with Crippen LogP contribution in [0.5, 0.6) is 5.75 Å². The van der Waals surface area contributed by atoms with Crippen molar-refractivity contribution >= 4 is 52.3 Å². The number of fused-ring (bicyclic) bond motifs is 2. The molecule has 0 saturated carbocycles. The lowest BCUT2D eigenvalue weighted by Crippen LogP contribution is -2.49. The second-order valence-corrected chi connectivity index (χ2v) is 17.0. The monoisotopic (exact) mass is 868 g/mol. The van der Waals surface area contributed by atoms with Crippen LogP contribution in [0.25, 0.3) is 11.3 Å². The standard InChI is InChI=1S/C48H53FN10O5/c1-30-25-33(3-4-34(30)28-51-47(62)39-11-5-35(49)27-41(39)64-2)44-43(45(50)61)46-52-40-12-10-38(26-32(40)15-20-59(46)54-44)57-23-21-55(22-24-57)29-31-13-17-56(18-14-31)36-6-8-37(9-7-36)58-19-16-42(60)53-48(58)63/h3-12,25-27,31,52H,13-24,28-29H2,1-2H3,(H2,50,61)(H,51,62)(H,53,60,63). The van der Waals surface area contributed by atoms with Gasteiger partial charge in [0.15, 0.2) is 0 Å². The maximum Gasteiger partial charge on any atom is 0.328 e. The van der Waals surface area contributed by atoms with Crippen LogP contribution in [0.2, 0.25) is 0 Å². The lowest BCUT2D eigenvalue weighted by molar-refractivity contribution is -0.120. The second-order valence-electron chi connectivity index (χ2n) is 17.0. The third kappa shape index (κ3) is 8.82. The molecule has 0 radical (unpaired) electrons. The summed E-state index contributed by atoms with van der Waals surface area (Å²) < 4.78 is 20.7. The first kappa shape index (κ1) is 42.4. The summed E-state index contributed by atoms with van der Waals surface area (Å²) in [5, 5.41) is 13.7. The molecule has 332 valence electrons. The van der Waals surface area contributed by atoms with Crippen molar-refractivity contribution in [2.24, 2.45) is 11.7 Å². The summed E-state index contributed by atoms with van der Waals surface area (Å²) in [5.41, 5.74) is 14.8. The summed E-state index contributed by atoms with van der Waals surface area (Å²) >= 11 is 0. The number of ether oxygens (including phenoxy) is 1. The Bertz CT molecular complexity index is 2600. The molecule has 15 nitrogen and oxygen atoms in total. The molecule has 5 heterocycles. The zero-order valence-electron chi connectivity index (χ0n) is 36.2. The molecule has 5 aromatic rings. The predicted octanol–water partition coefficient (Wildman–Crippen LogP) is 5.82. The van der Waals surface area contributed by atoms with Gasteiger partial charge in [0.2, 0.25) is 5.91 Å². The number of methoxy groups -OCH3 is 1. The van der Waals surface area contributed by atoms with Gasteiger partial charge in [-0.25, -0.2) is 13.9 Å². The maximum absolute atomic E-state index is 13.7. The number of nitrogens with zero attached hydrogens (tertiary/aromatic N) is 6. The van der Waals surface area contributed by atoms with Gasteiger partial charge in [-0.05, 0) is 109 Å². The van der Waals surface area contributed by atoms with Gasteiger partial charge >= 0.3 is 6.03 Å². The number of piperidine rings is 1. The molecule has 0 unspecified atom stereocenters. The Kier molecular flexibility index (Phi) is 11.9. The molecule has 0 spiro atoms. The van der Waals surface area contributed by atoms with Crippen LogP contribution in [0.15, 0.2) is 78.9 Å². The van der Waals surface area contributed by atoms with E-state index in [4.69, 9.17) is 15.6 Å². The van der Waals surface area contributed by atoms with E-state index in [1.54, 1.807) is 4.90 Å². The molecule has 3 saturated heterocycles. The summed E-state index contributed by atoms with van der Waals surface area (Å²) in [6.07, 6.45) is 3.31. The number of hydrogen-bond acceptors (Lipinski definition) is 10. The average molecular weight is 869 g/mol. The third-order valence-corrected chi connectivity index (χ3v) is 13.0. The average Bonchev–Trinajstić information content (AvgIpc) is 3.57. The number of halogens is 1. The minimum absolute atomic E-state index is 0.157. The lowest BCUT2D eigenvalue weighted by Gasteiger charge is -2.40. The molecule has 64 heavy (non-hydrogen) atoms. The third-order valence-electron chi connectivity index (χ3n) is 13.0. The molecule has 16 heteroatoms. The molecule has 1 aromatic heterocycles. The number of anilines is 5. The fourth-order valence-corrected chi connectivity index (χ4v) is 9.39. The lowest BCUT2D eigenvalue weighted by atomic mass is 9.95. The van der Waals surface area contributed by atoms with Gasteiger partial charge in [-0.1, -0.05) is 12.1 Å². The number of aromatic nitrogens is 2. The number of nitrogens with two attached hydrogens (primary N) is 1. The topological polar surface area (TPSA) is 170 Å². The number of urea groups is 1. The largest absolute Gasteiger partial charge is 0.496 e. The Labute approximate surface area is 371 Å². The Morgan fingerprint density at radius 2 is 1.56 bits per heavy atom. The first-order valence-corrected chi connectivity index (χ1v) is 22.0. The van der Waals surface area contributed by atoms with Gasteiger partial charge in [0, 0.05) is 106 Å². The van der Waals surface area contributed by atoms with Gasteiger partial charge in [-0.3, -0.25) is 29.5 Å². The van der Waals surface area contributed by atoms with Crippen molar-refractivity contribution in [3.63, 3.8) is 0 Å². The van der Waals surface area contributed by atoms with Crippen molar-refractivity contribution in [1.29, 1.82) is 0 Å². The normalized spacial score (nSPS) is 17.0. The summed E-state index contributed by atoms with van der Waals surface area (Å²) in [5.74, 6) is -0.307. The fraction of sp³-hybridized carbons (Fsp3) is 0.354. The van der Waals surface area contributed by atoms with E-state index in [1.807, 2.05) is 41.9 Å². The van der Waals surface area contributed by atoms with Gasteiger partial charge in [-0.2, -0.15) is 5.10 Å². The number of aryl methyl sites for hydroxylation is 3. The van der Waals surface area contributed by atoms with Crippen molar-refractivity contribution in [2.75, 3.05) is 79.5 Å². The molecule has 0 aliphatic carbocycles. The van der Waals surface area contributed by atoms with Crippen molar-refractivity contribution < 1.29 is 28.3 Å². The first-order valence-electron chi connectivity index (χ1n) is 22.0. The summed E-state index contributed by atoms with van der Waals surface area (Å²) in [6, 6.07) is 23.7. The van der Waals surface area contributed by atoms with Gasteiger partial charge in [0.1, 0.15) is 28.6 Å². The zero-order valence-corrected chi connectivity index (χ0v) is 36.2. The zero-order chi connectivity index (χ0) is 44.5. The highest BCUT2D eigenvalue weighted by Gasteiger charge is 2.29. The minimum Gasteiger partial charge on any atom is -0.496 e. The first-order chi connectivity index (χ1) is 31.0. The molecule has 3 fully saturated rings. The summed E-state index contributed by atoms with van der Waals surface area (Å²) in [4.78, 5) is 58.9. The van der Waals surface area contributed by atoms with Crippen molar-refractivity contribution in [3.8, 4) is 17.0 Å². The van der Waals surface area contributed by atoms with E-state index in [0.717, 1.165) is 104 Å². The fourth-order valence-electron chi connectivity index (χ4n) is 9.39. The Morgan fingerprint density at radius 3 is 2.28 bits per heavy atom. The van der Waals surface area contributed by atoms with Crippen LogP contribution in [0, 0.1) is 18.7 Å². The molecule has 0 bridgehead atoms. The number of carbonyl (C=O) groups excluding carboxylic acids is 4. The van der Waals surface area contributed by atoms with Crippen LogP contribution >= 0.6 is 0 Å². The van der Waals surface area contributed by atoms with Crippen LogP contribution in [-0.4, -0.2) is 97.9 Å². The maximum atomic E-state index is 13.7. The highest BCUT2D eigenvalue weighted by Crippen LogP contribution is 2.37. The van der Waals surface area contributed by atoms with E-state index < -0.39 is 11.7 Å². The molecule has 4 aliphatic rings. The van der Waals surface area contributed by atoms with Crippen LogP contribution < -0.4 is 41.1 Å². The molecule has 0 atom stereocenters. The number of piperazine rings is 1. The number of carbonyl (C=O) groups is 4. The van der Waals surface area contributed by atoms with Gasteiger partial charge in [0.25, 0.3) is 11.8 Å². The van der Waals surface area contributed by atoms with E-state index in [0.29, 0.717) is 42.5 Å². The number of rotatable bonds is 11. The van der Waals surface area contributed by atoms with E-state index in [-0.39, 0.29) is 35.7 Å². The van der Waals surface area contributed by atoms with Gasteiger partial charge in [-0.15, -0.1) is 0 Å². The smallest absolute Gasteiger partial charge is 0.328 e. The SMILES string of the molecule is COc1cc(F)ccc1C(=O)NCc1ccc(-c2nn3c(c2C(N)=O)Nc2ccc(N4CCN(CC5CCN(c6ccc(N7CCC(=O)NC7=O)cc6)CC5)CC4)cc2CC3)cc1C. The summed E-state index contributed by atoms with van der Waals surface area (Å²) in [7, 11) is 1.39. The number of primary amides is 1. The van der Waals surface area contributed by atoms with Crippen LogP contribution in [0.4, 0.5) is 37.8 Å². The molecule has 5 N–H and O–H groups in total. The van der Waals surface area contributed by atoms with E-state index in [9.17, 15) is 23.6 Å². The van der Waals surface area contributed by atoms with Crippen LogP contribution in [0.3, 0.4) is 0 Å². The van der Waals surface area contributed by atoms with Crippen molar-refractivity contribution in [3.05, 3.63) is 112 Å². The van der Waals surface area contributed by atoms with Crippen LogP contribution in [0.1, 0.15) is 56.7 Å². The Balaban J connectivity index is 0.782. The number of nitrogens with one attached hydrogen (secondary N) is 3. The summed E-state index contributed by atoms with van der Waals surface area (Å²) in [6.45, 7) is 10.1. The quantitative estimate of drug-likeness (QED) is 0.127. The molecular weight excluding hydrogens is 816 g/mol. The number of hydrogen-bond donors (Lipinski definition) is 4. The number of amides is 5. The minimum atomic E-state index is -0.577. The Morgan fingerprint density at radius 1 is 0.828 bits per heavy atom. The van der Waals surface area contributed by atoms with Crippen LogP contribution in [-0.2, 0) is 24.3 Å². The van der Waals surface area contributed by atoms with E-state index in [2.05, 4.69) is 61.0 Å². The van der Waals surface area contributed by atoms with Gasteiger partial charge in [0.05, 0.1) is 12.7 Å². The Hall–Kier alpha value is -6.94. The predicted molar refractivity (Wildman–Crippen MR) is 244 cm³/mol. The van der Waals surface area contributed by atoms with E-state index >= 15 is 0 Å². The molecule has 9 rings (SSSR count). The van der Waals surface area contributed by atoms with Gasteiger partial charge < -0.3 is 30.9 Å². The van der Waals surface area contributed by atoms with E-state index in [1.165, 1.54) is 31.0 Å². The highest BCUT2D eigenvalue weighted by molar-refractivity contribution is 6.06. The molecular formula is C48H53FN10O5. The highest BCUT2D eigenvalue weighted by atomic mass is 19.1. The van der Waals surface area contributed by atoms with Crippen molar-refractivity contribution in [2.45, 2.75) is 45.7 Å². The number of benzene rings is 4. The number of imide groups is 1. The molecule has 4 aromatic carbocycles. The van der Waals surface area contributed by atoms with Crippen molar-refractivity contribution in [1.82, 2.24) is 25.3 Å². The second kappa shape index (κ2) is 18.0. The molecule has 4 aliphatic heterocycles. The molecule has 5 amide bonds.